The van der Waals surface area contributed by atoms with Crippen molar-refractivity contribution in [2.24, 2.45) is 4.99 Å². The normalized spacial score (nSPS) is 12.9. The zero-order chi connectivity index (χ0) is 15.8. The summed E-state index contributed by atoms with van der Waals surface area (Å²) in [6.45, 7) is 7.51. The first-order chi connectivity index (χ1) is 10.7. The number of nitrogens with zero attached hydrogens (tertiary/aromatic N) is 3. The van der Waals surface area contributed by atoms with E-state index in [-0.39, 0.29) is 6.04 Å². The van der Waals surface area contributed by atoms with Crippen LogP contribution in [0, 0.1) is 6.92 Å². The Morgan fingerprint density at radius 3 is 2.68 bits per heavy atom. The highest BCUT2D eigenvalue weighted by Gasteiger charge is 2.06. The number of hydrogen-bond acceptors (Lipinski definition) is 2. The van der Waals surface area contributed by atoms with Gasteiger partial charge in [0.25, 0.3) is 0 Å². The minimum Gasteiger partial charge on any atom is -0.328 e. The van der Waals surface area contributed by atoms with Crippen molar-refractivity contribution in [3.05, 3.63) is 53.6 Å². The number of unbranched alkanes of at least 4 members (excludes halogenated alkanes) is 3. The minimum absolute atomic E-state index is 0.159. The number of aromatic nitrogens is 2. The molecular formula is C19H27N3. The van der Waals surface area contributed by atoms with Gasteiger partial charge in [-0.05, 0) is 25.8 Å². The second-order valence-corrected chi connectivity index (χ2v) is 5.83. The molecular weight excluding hydrogens is 270 g/mol. The summed E-state index contributed by atoms with van der Waals surface area (Å²) in [5.74, 6) is 0.969. The molecule has 2 aromatic rings. The van der Waals surface area contributed by atoms with E-state index in [0.717, 1.165) is 12.4 Å². The molecule has 0 saturated carbocycles. The predicted octanol–water partition coefficient (Wildman–Crippen LogP) is 4.95. The van der Waals surface area contributed by atoms with Gasteiger partial charge in [-0.15, -0.1) is 0 Å². The van der Waals surface area contributed by atoms with Crippen LogP contribution in [0.1, 0.15) is 62.7 Å². The van der Waals surface area contributed by atoms with Crippen LogP contribution in [0.15, 0.2) is 41.5 Å². The molecule has 0 aliphatic carbocycles. The second kappa shape index (κ2) is 8.52. The predicted molar refractivity (Wildman–Crippen MR) is 93.6 cm³/mol. The van der Waals surface area contributed by atoms with Crippen LogP contribution in [0.4, 0.5) is 0 Å². The van der Waals surface area contributed by atoms with Gasteiger partial charge in [0.2, 0.25) is 0 Å². The molecule has 3 nitrogen and oxygen atoms in total. The fourth-order valence-corrected chi connectivity index (χ4v) is 2.57. The summed E-state index contributed by atoms with van der Waals surface area (Å²) in [5, 5.41) is 0. The van der Waals surface area contributed by atoms with Crippen molar-refractivity contribution in [1.82, 2.24) is 9.55 Å². The minimum atomic E-state index is 0.159. The van der Waals surface area contributed by atoms with Crippen LogP contribution in [0.5, 0.6) is 0 Å². The third-order valence-corrected chi connectivity index (χ3v) is 4.02. The smallest absolute Gasteiger partial charge is 0.150 e. The summed E-state index contributed by atoms with van der Waals surface area (Å²) in [6, 6.07) is 10.5. The standard InChI is InChI=1S/C19H27N3/c1-4-5-6-10-13-22-16(2)14-21-19(22)15-20-17(3)18-11-8-7-9-12-18/h7-9,11-12,14-15,17H,4-6,10,13H2,1-3H3/t17-/m1/s1. The molecule has 22 heavy (non-hydrogen) atoms. The van der Waals surface area contributed by atoms with E-state index >= 15 is 0 Å². The molecule has 1 aromatic heterocycles. The molecule has 0 saturated heterocycles. The summed E-state index contributed by atoms with van der Waals surface area (Å²) in [7, 11) is 0. The van der Waals surface area contributed by atoms with Crippen LogP contribution in [0.3, 0.4) is 0 Å². The lowest BCUT2D eigenvalue weighted by atomic mass is 10.1. The van der Waals surface area contributed by atoms with Crippen molar-refractivity contribution < 1.29 is 0 Å². The summed E-state index contributed by atoms with van der Waals surface area (Å²) >= 11 is 0. The van der Waals surface area contributed by atoms with Crippen molar-refractivity contribution in [1.29, 1.82) is 0 Å². The van der Waals surface area contributed by atoms with Crippen LogP contribution in [-0.2, 0) is 6.54 Å². The number of imidazole rings is 1. The van der Waals surface area contributed by atoms with Gasteiger partial charge in [-0.1, -0.05) is 56.5 Å². The average Bonchev–Trinajstić information content (AvgIpc) is 2.90. The van der Waals surface area contributed by atoms with Crippen molar-refractivity contribution in [2.45, 2.75) is 59.0 Å². The Kier molecular flexibility index (Phi) is 6.38. The lowest BCUT2D eigenvalue weighted by molar-refractivity contribution is 0.572. The molecule has 1 atom stereocenters. The molecule has 0 radical (unpaired) electrons. The maximum Gasteiger partial charge on any atom is 0.150 e. The fraction of sp³-hybridized carbons (Fsp3) is 0.474. The number of hydrogen-bond donors (Lipinski definition) is 0. The third-order valence-electron chi connectivity index (χ3n) is 4.02. The monoisotopic (exact) mass is 297 g/mol. The van der Waals surface area contributed by atoms with E-state index in [0.29, 0.717) is 0 Å². The highest BCUT2D eigenvalue weighted by atomic mass is 15.1. The number of rotatable bonds is 8. The lowest BCUT2D eigenvalue weighted by Gasteiger charge is -2.09. The van der Waals surface area contributed by atoms with E-state index in [1.54, 1.807) is 0 Å². The van der Waals surface area contributed by atoms with E-state index in [2.05, 4.69) is 59.6 Å². The van der Waals surface area contributed by atoms with Gasteiger partial charge in [-0.3, -0.25) is 4.99 Å². The van der Waals surface area contributed by atoms with Gasteiger partial charge in [0.05, 0.1) is 12.3 Å². The van der Waals surface area contributed by atoms with Crippen LogP contribution in [0.2, 0.25) is 0 Å². The van der Waals surface area contributed by atoms with Gasteiger partial charge in [0.1, 0.15) is 0 Å². The number of aliphatic imine (C=N–C) groups is 1. The topological polar surface area (TPSA) is 30.2 Å². The zero-order valence-electron chi connectivity index (χ0n) is 14.0. The zero-order valence-corrected chi connectivity index (χ0v) is 14.0. The molecule has 0 aliphatic rings. The molecule has 0 amide bonds. The maximum absolute atomic E-state index is 4.67. The summed E-state index contributed by atoms with van der Waals surface area (Å²) in [5.41, 5.74) is 2.45. The number of benzene rings is 1. The molecule has 0 N–H and O–H groups in total. The van der Waals surface area contributed by atoms with Crippen molar-refractivity contribution in [3.8, 4) is 0 Å². The molecule has 1 heterocycles. The molecule has 0 bridgehead atoms. The number of aryl methyl sites for hydroxylation is 1. The first-order valence-corrected chi connectivity index (χ1v) is 8.32. The molecule has 3 heteroatoms. The van der Waals surface area contributed by atoms with Gasteiger partial charge in [0, 0.05) is 18.4 Å². The Balaban J connectivity index is 2.01. The highest BCUT2D eigenvalue weighted by molar-refractivity contribution is 5.75. The summed E-state index contributed by atoms with van der Waals surface area (Å²) in [6.07, 6.45) is 8.93. The third kappa shape index (κ3) is 4.55. The SMILES string of the molecule is CCCCCCn1c(C)cnc1C=N[C@H](C)c1ccccc1. The van der Waals surface area contributed by atoms with E-state index in [1.165, 1.54) is 36.9 Å². The second-order valence-electron chi connectivity index (χ2n) is 5.83. The van der Waals surface area contributed by atoms with Gasteiger partial charge >= 0.3 is 0 Å². The Bertz CT molecular complexity index is 584. The first-order valence-electron chi connectivity index (χ1n) is 8.32. The largest absolute Gasteiger partial charge is 0.328 e. The fourth-order valence-electron chi connectivity index (χ4n) is 2.57. The molecule has 0 aliphatic heterocycles. The lowest BCUT2D eigenvalue weighted by Crippen LogP contribution is -2.06. The summed E-state index contributed by atoms with van der Waals surface area (Å²) in [4.78, 5) is 9.17. The van der Waals surface area contributed by atoms with Crippen LogP contribution >= 0.6 is 0 Å². The first kappa shape index (κ1) is 16.5. The van der Waals surface area contributed by atoms with E-state index < -0.39 is 0 Å². The maximum atomic E-state index is 4.67. The molecule has 2 rings (SSSR count). The van der Waals surface area contributed by atoms with Gasteiger partial charge in [0.15, 0.2) is 5.82 Å². The van der Waals surface area contributed by atoms with Crippen LogP contribution in [0.25, 0.3) is 0 Å². The molecule has 0 fully saturated rings. The Labute approximate surface area is 134 Å². The van der Waals surface area contributed by atoms with Crippen LogP contribution in [-0.4, -0.2) is 15.8 Å². The van der Waals surface area contributed by atoms with Crippen molar-refractivity contribution in [2.75, 3.05) is 0 Å². The molecule has 1 aromatic carbocycles. The molecule has 0 spiro atoms. The molecule has 0 unspecified atom stereocenters. The summed E-state index contributed by atoms with van der Waals surface area (Å²) < 4.78 is 2.27. The van der Waals surface area contributed by atoms with Gasteiger partial charge < -0.3 is 4.57 Å². The van der Waals surface area contributed by atoms with E-state index in [1.807, 2.05) is 18.5 Å². The molecule has 118 valence electrons. The van der Waals surface area contributed by atoms with Gasteiger partial charge in [-0.2, -0.15) is 0 Å². The average molecular weight is 297 g/mol. The Hall–Kier alpha value is -1.90. The van der Waals surface area contributed by atoms with E-state index in [9.17, 15) is 0 Å². The highest BCUT2D eigenvalue weighted by Crippen LogP contribution is 2.16. The van der Waals surface area contributed by atoms with Crippen molar-refractivity contribution >= 4 is 6.21 Å². The van der Waals surface area contributed by atoms with Crippen molar-refractivity contribution in [3.63, 3.8) is 0 Å². The van der Waals surface area contributed by atoms with E-state index in [4.69, 9.17) is 0 Å². The quantitative estimate of drug-likeness (QED) is 0.501. The van der Waals surface area contributed by atoms with Gasteiger partial charge in [-0.25, -0.2) is 4.98 Å². The Morgan fingerprint density at radius 2 is 1.95 bits per heavy atom. The Morgan fingerprint density at radius 1 is 1.18 bits per heavy atom. The van der Waals surface area contributed by atoms with Crippen LogP contribution < -0.4 is 0 Å².